The number of rotatable bonds is 4. The number of halogens is 3. The number of aliphatic hydroxyl groups is 1. The number of hydrogen-bond donors (Lipinski definition) is 1. The van der Waals surface area contributed by atoms with E-state index in [-0.39, 0.29) is 5.56 Å². The summed E-state index contributed by atoms with van der Waals surface area (Å²) in [5.41, 5.74) is 0.918. The monoisotopic (exact) mass is 262 g/mol. The first-order valence-corrected chi connectivity index (χ1v) is 5.76. The molecule has 0 heterocycles. The highest BCUT2D eigenvalue weighted by Crippen LogP contribution is 2.36. The number of ether oxygens (including phenoxy) is 1. The second-order valence-electron chi connectivity index (χ2n) is 4.20. The van der Waals surface area contributed by atoms with Gasteiger partial charge in [0.2, 0.25) is 0 Å². The van der Waals surface area contributed by atoms with Crippen LogP contribution in [0, 0.1) is 13.8 Å². The second kappa shape index (κ2) is 5.61. The molecule has 0 aliphatic heterocycles. The minimum absolute atomic E-state index is 0.121. The molecule has 0 spiro atoms. The summed E-state index contributed by atoms with van der Waals surface area (Å²) in [6.45, 7) is 5.71. The fourth-order valence-electron chi connectivity index (χ4n) is 1.66. The van der Waals surface area contributed by atoms with Crippen molar-refractivity contribution in [2.45, 2.75) is 39.5 Å². The maximum Gasteiger partial charge on any atom is 0.418 e. The van der Waals surface area contributed by atoms with Crippen LogP contribution in [0.15, 0.2) is 12.1 Å². The fraction of sp³-hybridized carbons (Fsp3) is 0.538. The van der Waals surface area contributed by atoms with E-state index in [1.54, 1.807) is 13.8 Å². The Kier molecular flexibility index (Phi) is 4.62. The molecule has 0 aliphatic carbocycles. The van der Waals surface area contributed by atoms with Crippen LogP contribution in [0.4, 0.5) is 13.2 Å². The maximum absolute atomic E-state index is 12.5. The number of hydrogen-bond acceptors (Lipinski definition) is 2. The van der Waals surface area contributed by atoms with Crippen molar-refractivity contribution in [2.75, 3.05) is 6.61 Å². The minimum Gasteiger partial charge on any atom is -0.493 e. The van der Waals surface area contributed by atoms with Crippen LogP contribution in [-0.4, -0.2) is 17.9 Å². The van der Waals surface area contributed by atoms with Crippen LogP contribution in [-0.2, 0) is 0 Å². The zero-order chi connectivity index (χ0) is 13.9. The number of benzene rings is 1. The molecular formula is C13H17F3O2. The summed E-state index contributed by atoms with van der Waals surface area (Å²) >= 11 is 0. The first kappa shape index (κ1) is 14.8. The zero-order valence-corrected chi connectivity index (χ0v) is 10.6. The highest BCUT2D eigenvalue weighted by atomic mass is 19.4. The standard InChI is InChI=1S/C13H17F3O2/c1-4-7-18-11-6-5-10(8(2)9(11)3)12(17)13(14,15)16/h5-6,12,17H,4,7H2,1-3H3. The van der Waals surface area contributed by atoms with Crippen molar-refractivity contribution in [3.63, 3.8) is 0 Å². The van der Waals surface area contributed by atoms with Crippen LogP contribution in [0.5, 0.6) is 5.75 Å². The Balaban J connectivity index is 3.08. The summed E-state index contributed by atoms with van der Waals surface area (Å²) in [7, 11) is 0. The Labute approximate surface area is 104 Å². The smallest absolute Gasteiger partial charge is 0.418 e. The van der Waals surface area contributed by atoms with E-state index >= 15 is 0 Å². The fourth-order valence-corrected chi connectivity index (χ4v) is 1.66. The molecule has 0 aromatic heterocycles. The molecule has 1 N–H and O–H groups in total. The van der Waals surface area contributed by atoms with Crippen molar-refractivity contribution in [3.8, 4) is 5.75 Å². The van der Waals surface area contributed by atoms with Gasteiger partial charge in [-0.3, -0.25) is 0 Å². The van der Waals surface area contributed by atoms with Crippen molar-refractivity contribution >= 4 is 0 Å². The lowest BCUT2D eigenvalue weighted by Gasteiger charge is -2.19. The molecule has 1 atom stereocenters. The third-order valence-corrected chi connectivity index (χ3v) is 2.85. The van der Waals surface area contributed by atoms with Crippen LogP contribution in [0.25, 0.3) is 0 Å². The lowest BCUT2D eigenvalue weighted by Crippen LogP contribution is -2.21. The van der Waals surface area contributed by atoms with Gasteiger partial charge in [-0.05, 0) is 43.0 Å². The normalized spacial score (nSPS) is 13.5. The number of aliphatic hydroxyl groups excluding tert-OH is 1. The van der Waals surface area contributed by atoms with Gasteiger partial charge >= 0.3 is 6.18 Å². The molecule has 0 saturated carbocycles. The molecule has 5 heteroatoms. The van der Waals surface area contributed by atoms with Crippen molar-refractivity contribution in [2.24, 2.45) is 0 Å². The molecule has 18 heavy (non-hydrogen) atoms. The minimum atomic E-state index is -4.65. The van der Waals surface area contributed by atoms with E-state index in [0.29, 0.717) is 23.5 Å². The average molecular weight is 262 g/mol. The molecular weight excluding hydrogens is 245 g/mol. The highest BCUT2D eigenvalue weighted by molar-refractivity contribution is 5.44. The second-order valence-corrected chi connectivity index (χ2v) is 4.20. The van der Waals surface area contributed by atoms with E-state index in [9.17, 15) is 18.3 Å². The average Bonchev–Trinajstić information content (AvgIpc) is 2.29. The largest absolute Gasteiger partial charge is 0.493 e. The summed E-state index contributed by atoms with van der Waals surface area (Å²) in [6, 6.07) is 2.74. The van der Waals surface area contributed by atoms with Gasteiger partial charge in [0.05, 0.1) is 6.61 Å². The van der Waals surface area contributed by atoms with Gasteiger partial charge in [-0.2, -0.15) is 13.2 Å². The van der Waals surface area contributed by atoms with E-state index in [1.807, 2.05) is 6.92 Å². The van der Waals surface area contributed by atoms with Crippen LogP contribution in [0.1, 0.15) is 36.1 Å². The van der Waals surface area contributed by atoms with Crippen molar-refractivity contribution in [3.05, 3.63) is 28.8 Å². The summed E-state index contributed by atoms with van der Waals surface area (Å²) in [5.74, 6) is 0.562. The van der Waals surface area contributed by atoms with Crippen molar-refractivity contribution < 1.29 is 23.0 Å². The number of alkyl halides is 3. The van der Waals surface area contributed by atoms with Gasteiger partial charge in [0, 0.05) is 0 Å². The molecule has 1 aromatic rings. The quantitative estimate of drug-likeness (QED) is 0.896. The van der Waals surface area contributed by atoms with Gasteiger partial charge < -0.3 is 9.84 Å². The Bertz CT molecular complexity index is 413. The van der Waals surface area contributed by atoms with E-state index in [0.717, 1.165) is 6.42 Å². The molecule has 0 amide bonds. The van der Waals surface area contributed by atoms with Crippen LogP contribution in [0.2, 0.25) is 0 Å². The van der Waals surface area contributed by atoms with E-state index < -0.39 is 12.3 Å². The Morgan fingerprint density at radius 3 is 2.33 bits per heavy atom. The molecule has 1 rings (SSSR count). The highest BCUT2D eigenvalue weighted by Gasteiger charge is 2.40. The van der Waals surface area contributed by atoms with Gasteiger partial charge in [0.25, 0.3) is 0 Å². The molecule has 1 aromatic carbocycles. The van der Waals surface area contributed by atoms with Gasteiger partial charge in [-0.15, -0.1) is 0 Å². The van der Waals surface area contributed by atoms with E-state index in [4.69, 9.17) is 4.74 Å². The molecule has 0 saturated heterocycles. The predicted molar refractivity (Wildman–Crippen MR) is 62.7 cm³/mol. The third kappa shape index (κ3) is 3.16. The van der Waals surface area contributed by atoms with Crippen LogP contribution >= 0.6 is 0 Å². The Morgan fingerprint density at radius 1 is 1.22 bits per heavy atom. The summed E-state index contributed by atoms with van der Waals surface area (Å²) in [4.78, 5) is 0. The Morgan fingerprint density at radius 2 is 1.83 bits per heavy atom. The van der Waals surface area contributed by atoms with E-state index in [1.165, 1.54) is 12.1 Å². The van der Waals surface area contributed by atoms with Gasteiger partial charge in [0.1, 0.15) is 5.75 Å². The molecule has 0 radical (unpaired) electrons. The van der Waals surface area contributed by atoms with Crippen LogP contribution < -0.4 is 4.74 Å². The topological polar surface area (TPSA) is 29.5 Å². The first-order valence-electron chi connectivity index (χ1n) is 5.76. The molecule has 102 valence electrons. The predicted octanol–water partition coefficient (Wildman–Crippen LogP) is 3.69. The lowest BCUT2D eigenvalue weighted by atomic mass is 9.98. The molecule has 0 fully saturated rings. The first-order chi connectivity index (χ1) is 8.29. The van der Waals surface area contributed by atoms with E-state index in [2.05, 4.69) is 0 Å². The third-order valence-electron chi connectivity index (χ3n) is 2.85. The Hall–Kier alpha value is -1.23. The van der Waals surface area contributed by atoms with Gasteiger partial charge in [-0.25, -0.2) is 0 Å². The lowest BCUT2D eigenvalue weighted by molar-refractivity contribution is -0.207. The van der Waals surface area contributed by atoms with Crippen LogP contribution in [0.3, 0.4) is 0 Å². The summed E-state index contributed by atoms with van der Waals surface area (Å²) < 4.78 is 42.8. The van der Waals surface area contributed by atoms with Crippen molar-refractivity contribution in [1.29, 1.82) is 0 Å². The van der Waals surface area contributed by atoms with Gasteiger partial charge in [-0.1, -0.05) is 13.0 Å². The molecule has 2 nitrogen and oxygen atoms in total. The zero-order valence-electron chi connectivity index (χ0n) is 10.6. The van der Waals surface area contributed by atoms with Gasteiger partial charge in [0.15, 0.2) is 6.10 Å². The molecule has 0 bridgehead atoms. The summed E-state index contributed by atoms with van der Waals surface area (Å²) in [5, 5.41) is 9.26. The molecule has 0 aliphatic rings. The molecule has 1 unspecified atom stereocenters. The summed E-state index contributed by atoms with van der Waals surface area (Å²) in [6.07, 6.45) is -6.27. The SMILES string of the molecule is CCCOc1ccc(C(O)C(F)(F)F)c(C)c1C. The van der Waals surface area contributed by atoms with Crippen molar-refractivity contribution in [1.82, 2.24) is 0 Å². The maximum atomic E-state index is 12.5.